The minimum atomic E-state index is -0.442. The van der Waals surface area contributed by atoms with Crippen LogP contribution < -0.4 is 11.3 Å². The summed E-state index contributed by atoms with van der Waals surface area (Å²) in [5.74, 6) is 4.45. The zero-order chi connectivity index (χ0) is 8.27. The molecule has 0 bridgehead atoms. The van der Waals surface area contributed by atoms with Gasteiger partial charge < -0.3 is 0 Å². The van der Waals surface area contributed by atoms with E-state index in [0.717, 1.165) is 0 Å². The summed E-state index contributed by atoms with van der Waals surface area (Å²) in [6, 6.07) is 1.52. The number of hydrogen-bond donors (Lipinski definition) is 2. The number of halogens is 2. The number of aromatic nitrogens is 1. The van der Waals surface area contributed by atoms with Crippen molar-refractivity contribution in [2.45, 2.75) is 0 Å². The van der Waals surface area contributed by atoms with Crippen molar-refractivity contribution in [3.63, 3.8) is 0 Å². The molecule has 0 aromatic carbocycles. The Labute approximate surface area is 80.5 Å². The minimum absolute atomic E-state index is 0. The molecule has 0 aliphatic heterocycles. The van der Waals surface area contributed by atoms with E-state index in [2.05, 4.69) is 4.98 Å². The Bertz CT molecular complexity index is 279. The lowest BCUT2D eigenvalue weighted by Gasteiger charge is -1.99. The first kappa shape index (κ1) is 11.2. The highest BCUT2D eigenvalue weighted by Crippen LogP contribution is 2.12. The van der Waals surface area contributed by atoms with E-state index < -0.39 is 5.91 Å². The maximum atomic E-state index is 10.9. The lowest BCUT2D eigenvalue weighted by atomic mass is 10.3. The van der Waals surface area contributed by atoms with Gasteiger partial charge in [-0.3, -0.25) is 15.2 Å². The number of carbonyl (C=O) groups excluding carboxylic acids is 1. The van der Waals surface area contributed by atoms with Crippen LogP contribution in [0.3, 0.4) is 0 Å². The molecule has 1 amide bonds. The number of nitrogens with one attached hydrogen (secondary N) is 1. The van der Waals surface area contributed by atoms with Crippen LogP contribution in [0.5, 0.6) is 0 Å². The van der Waals surface area contributed by atoms with Crippen LogP contribution in [-0.4, -0.2) is 10.9 Å². The second-order valence-electron chi connectivity index (χ2n) is 1.83. The number of amides is 1. The van der Waals surface area contributed by atoms with Gasteiger partial charge in [0, 0.05) is 12.4 Å². The average Bonchev–Trinajstić information content (AvgIpc) is 2.04. The van der Waals surface area contributed by atoms with Crippen LogP contribution in [0.25, 0.3) is 0 Å². The van der Waals surface area contributed by atoms with E-state index in [1.165, 1.54) is 18.5 Å². The summed E-state index contributed by atoms with van der Waals surface area (Å²) in [4.78, 5) is 14.6. The maximum Gasteiger partial charge on any atom is 0.268 e. The van der Waals surface area contributed by atoms with E-state index in [1.807, 2.05) is 5.43 Å². The summed E-state index contributed by atoms with van der Waals surface area (Å²) in [6.07, 6.45) is 2.85. The van der Waals surface area contributed by atoms with Crippen molar-refractivity contribution < 1.29 is 4.79 Å². The smallest absolute Gasteiger partial charge is 0.268 e. The van der Waals surface area contributed by atoms with Crippen LogP contribution in [0, 0.1) is 0 Å². The van der Waals surface area contributed by atoms with E-state index in [9.17, 15) is 4.79 Å². The van der Waals surface area contributed by atoms with Gasteiger partial charge in [-0.05, 0) is 6.07 Å². The van der Waals surface area contributed by atoms with Gasteiger partial charge in [-0.1, -0.05) is 11.6 Å². The fourth-order valence-electron chi connectivity index (χ4n) is 0.622. The van der Waals surface area contributed by atoms with Crippen molar-refractivity contribution in [3.05, 3.63) is 29.0 Å². The molecule has 0 atom stereocenters. The Kier molecular flexibility index (Phi) is 4.58. The van der Waals surface area contributed by atoms with Crippen molar-refractivity contribution in [2.75, 3.05) is 0 Å². The van der Waals surface area contributed by atoms with Crippen LogP contribution >= 0.6 is 24.0 Å². The molecule has 6 heteroatoms. The van der Waals surface area contributed by atoms with E-state index >= 15 is 0 Å². The van der Waals surface area contributed by atoms with Gasteiger partial charge in [0.25, 0.3) is 5.91 Å². The van der Waals surface area contributed by atoms with Crippen LogP contribution in [0.2, 0.25) is 5.02 Å². The van der Waals surface area contributed by atoms with Crippen molar-refractivity contribution in [3.8, 4) is 0 Å². The highest BCUT2D eigenvalue weighted by Gasteiger charge is 2.06. The third kappa shape index (κ3) is 2.34. The molecule has 0 unspecified atom stereocenters. The molecule has 0 saturated heterocycles. The van der Waals surface area contributed by atoms with Gasteiger partial charge in [-0.25, -0.2) is 5.84 Å². The summed E-state index contributed by atoms with van der Waals surface area (Å²) in [7, 11) is 0. The molecule has 3 N–H and O–H groups in total. The molecule has 1 aromatic rings. The second kappa shape index (κ2) is 4.92. The van der Waals surface area contributed by atoms with Crippen molar-refractivity contribution >= 4 is 29.9 Å². The third-order valence-electron chi connectivity index (χ3n) is 1.14. The molecule has 12 heavy (non-hydrogen) atoms. The van der Waals surface area contributed by atoms with Gasteiger partial charge >= 0.3 is 0 Å². The summed E-state index contributed by atoms with van der Waals surface area (Å²) in [6.45, 7) is 0. The zero-order valence-electron chi connectivity index (χ0n) is 5.95. The Hall–Kier alpha value is -0.840. The Morgan fingerprint density at radius 1 is 1.67 bits per heavy atom. The van der Waals surface area contributed by atoms with E-state index in [0.29, 0.717) is 5.02 Å². The molecule has 1 heterocycles. The Balaban J connectivity index is 0.00000121. The van der Waals surface area contributed by atoms with E-state index in [4.69, 9.17) is 17.4 Å². The summed E-state index contributed by atoms with van der Waals surface area (Å²) < 4.78 is 0. The van der Waals surface area contributed by atoms with Crippen LogP contribution in [0.4, 0.5) is 0 Å². The quantitative estimate of drug-likeness (QED) is 0.406. The number of hydrogen-bond acceptors (Lipinski definition) is 3. The van der Waals surface area contributed by atoms with Gasteiger partial charge in [0.05, 0.1) is 10.6 Å². The van der Waals surface area contributed by atoms with Crippen LogP contribution in [-0.2, 0) is 0 Å². The lowest BCUT2D eigenvalue weighted by Crippen LogP contribution is -2.30. The fraction of sp³-hybridized carbons (Fsp3) is 0. The fourth-order valence-corrected chi connectivity index (χ4v) is 0.813. The number of nitrogen functional groups attached to an aromatic ring is 1. The molecular formula is C6H7Cl2N3O. The van der Waals surface area contributed by atoms with Gasteiger partial charge in [0.15, 0.2) is 0 Å². The third-order valence-corrected chi connectivity index (χ3v) is 1.47. The molecule has 4 nitrogen and oxygen atoms in total. The summed E-state index contributed by atoms with van der Waals surface area (Å²) >= 11 is 5.64. The first-order valence-corrected chi connectivity index (χ1v) is 3.24. The molecule has 66 valence electrons. The van der Waals surface area contributed by atoms with Gasteiger partial charge in [-0.2, -0.15) is 0 Å². The minimum Gasteiger partial charge on any atom is -0.290 e. The predicted octanol–water partition coefficient (Wildman–Crippen LogP) is 0.760. The summed E-state index contributed by atoms with van der Waals surface area (Å²) in [5.41, 5.74) is 2.23. The molecule has 0 spiro atoms. The predicted molar refractivity (Wildman–Crippen MR) is 48.1 cm³/mol. The molecule has 0 aliphatic rings. The maximum absolute atomic E-state index is 10.9. The number of hydrazine groups is 1. The Morgan fingerprint density at radius 2 is 2.33 bits per heavy atom. The number of carbonyl (C=O) groups is 1. The average molecular weight is 208 g/mol. The van der Waals surface area contributed by atoms with Crippen LogP contribution in [0.15, 0.2) is 18.5 Å². The number of nitrogens with two attached hydrogens (primary N) is 1. The van der Waals surface area contributed by atoms with Crippen molar-refractivity contribution in [1.82, 2.24) is 10.4 Å². The van der Waals surface area contributed by atoms with Gasteiger partial charge in [0.2, 0.25) is 0 Å². The number of nitrogens with zero attached hydrogens (tertiary/aromatic N) is 1. The first-order chi connectivity index (χ1) is 5.25. The molecule has 0 aliphatic carbocycles. The van der Waals surface area contributed by atoms with Crippen molar-refractivity contribution in [1.29, 1.82) is 0 Å². The molecular weight excluding hydrogens is 201 g/mol. The number of rotatable bonds is 1. The van der Waals surface area contributed by atoms with Crippen LogP contribution in [0.1, 0.15) is 10.4 Å². The molecule has 0 saturated carbocycles. The normalized spacial score (nSPS) is 8.50. The topological polar surface area (TPSA) is 68.0 Å². The molecule has 0 radical (unpaired) electrons. The monoisotopic (exact) mass is 207 g/mol. The summed E-state index contributed by atoms with van der Waals surface area (Å²) in [5, 5.41) is 0.336. The molecule has 0 fully saturated rings. The molecule has 1 rings (SSSR count). The zero-order valence-corrected chi connectivity index (χ0v) is 7.52. The van der Waals surface area contributed by atoms with Crippen molar-refractivity contribution in [2.24, 2.45) is 5.84 Å². The van der Waals surface area contributed by atoms with Gasteiger partial charge in [0.1, 0.15) is 0 Å². The van der Waals surface area contributed by atoms with E-state index in [-0.39, 0.29) is 18.0 Å². The highest BCUT2D eigenvalue weighted by molar-refractivity contribution is 6.33. The lowest BCUT2D eigenvalue weighted by molar-refractivity contribution is 0.0953. The largest absolute Gasteiger partial charge is 0.290 e. The number of pyridine rings is 1. The standard InChI is InChI=1S/C6H6ClN3O.ClH/c7-5-1-2-9-3-4(5)6(11)10-8;/h1-3H,8H2,(H,10,11);1H. The Morgan fingerprint density at radius 3 is 2.83 bits per heavy atom. The first-order valence-electron chi connectivity index (χ1n) is 2.86. The van der Waals surface area contributed by atoms with E-state index in [1.54, 1.807) is 0 Å². The van der Waals surface area contributed by atoms with Gasteiger partial charge in [-0.15, -0.1) is 12.4 Å². The molecule has 1 aromatic heterocycles. The SMILES string of the molecule is Cl.NNC(=O)c1cnccc1Cl. The highest BCUT2D eigenvalue weighted by atomic mass is 35.5. The second-order valence-corrected chi connectivity index (χ2v) is 2.24.